The minimum Gasteiger partial charge on any atom is -0.361 e. The molecule has 37 heavy (non-hydrogen) atoms. The number of carbonyl (C=O) groups is 5. The summed E-state index contributed by atoms with van der Waals surface area (Å²) in [5, 5.41) is 5.14. The summed E-state index contributed by atoms with van der Waals surface area (Å²) in [5.74, 6) is -3.20. The van der Waals surface area contributed by atoms with Crippen molar-refractivity contribution in [3.8, 4) is 0 Å². The lowest BCUT2D eigenvalue weighted by Gasteiger charge is -2.29. The summed E-state index contributed by atoms with van der Waals surface area (Å²) in [6.45, 7) is 0.142. The van der Waals surface area contributed by atoms with Crippen molar-refractivity contribution in [3.05, 3.63) is 74.1 Å². The van der Waals surface area contributed by atoms with Crippen molar-refractivity contribution in [2.45, 2.75) is 44.2 Å². The highest BCUT2D eigenvalue weighted by Gasteiger charge is 2.40. The first kappa shape index (κ1) is 25.3. The number of nitrogens with one attached hydrogen (secondary N) is 2. The number of piperidine rings is 1. The quantitative estimate of drug-likeness (QED) is 0.242. The molecule has 2 N–H and O–H groups in total. The molecule has 0 aromatic heterocycles. The molecule has 2 heterocycles. The lowest BCUT2D eigenvalue weighted by atomic mass is 9.80. The molecule has 190 valence electrons. The highest BCUT2D eigenvalue weighted by Crippen LogP contribution is 2.40. The van der Waals surface area contributed by atoms with Crippen molar-refractivity contribution in [3.63, 3.8) is 0 Å². The normalized spacial score (nSPS) is 21.8. The number of anilines is 1. The predicted octanol–water partition coefficient (Wildman–Crippen LogP) is 4.01. The van der Waals surface area contributed by atoms with Gasteiger partial charge in [0, 0.05) is 59.2 Å². The monoisotopic (exact) mass is 587 g/mol. The first-order valence-corrected chi connectivity index (χ1v) is 12.8. The molecule has 2 fully saturated rings. The lowest BCUT2D eigenvalue weighted by molar-refractivity contribution is -0.137. The summed E-state index contributed by atoms with van der Waals surface area (Å²) in [4.78, 5) is 64.0. The minimum atomic E-state index is -0.754. The van der Waals surface area contributed by atoms with Crippen molar-refractivity contribution >= 4 is 62.5 Å². The zero-order valence-corrected chi connectivity index (χ0v) is 21.6. The zero-order valence-electron chi connectivity index (χ0n) is 19.3. The van der Waals surface area contributed by atoms with Gasteiger partial charge in [0.15, 0.2) is 11.6 Å². The fraction of sp³-hybridized carbons (Fsp3) is 0.269. The maximum atomic E-state index is 14.0. The third-order valence-corrected chi connectivity index (χ3v) is 7.98. The van der Waals surface area contributed by atoms with E-state index in [2.05, 4.69) is 26.6 Å². The molecule has 1 saturated heterocycles. The highest BCUT2D eigenvalue weighted by molar-refractivity contribution is 9.10. The Morgan fingerprint density at radius 3 is 2.51 bits per heavy atom. The van der Waals surface area contributed by atoms with Crippen LogP contribution in [0, 0.1) is 5.82 Å². The summed E-state index contributed by atoms with van der Waals surface area (Å²) >= 11 is 9.46. The number of nitrogens with zero attached hydrogens (tertiary/aromatic N) is 1. The maximum Gasteiger partial charge on any atom is 0.255 e. The smallest absolute Gasteiger partial charge is 0.255 e. The molecule has 3 amide bonds. The van der Waals surface area contributed by atoms with Gasteiger partial charge in [-0.15, -0.1) is 0 Å². The lowest BCUT2D eigenvalue weighted by Crippen LogP contribution is -2.52. The Morgan fingerprint density at radius 1 is 1.08 bits per heavy atom. The number of imide groups is 1. The fourth-order valence-corrected chi connectivity index (χ4v) is 6.14. The molecule has 5 rings (SSSR count). The van der Waals surface area contributed by atoms with Crippen LogP contribution in [0.15, 0.2) is 46.6 Å². The Kier molecular flexibility index (Phi) is 6.72. The van der Waals surface area contributed by atoms with Crippen molar-refractivity contribution in [1.29, 1.82) is 0 Å². The molecule has 1 saturated carbocycles. The Labute approximate surface area is 224 Å². The van der Waals surface area contributed by atoms with Gasteiger partial charge in [0.2, 0.25) is 11.8 Å². The molecule has 1 unspecified atom stereocenters. The molecular formula is C26H20BrClFN3O5. The van der Waals surface area contributed by atoms with E-state index < -0.39 is 35.3 Å². The third-order valence-electron chi connectivity index (χ3n) is 6.91. The molecule has 11 heteroatoms. The van der Waals surface area contributed by atoms with Crippen molar-refractivity contribution < 1.29 is 28.4 Å². The second kappa shape index (κ2) is 9.83. The van der Waals surface area contributed by atoms with Gasteiger partial charge in [-0.25, -0.2) is 4.39 Å². The van der Waals surface area contributed by atoms with Gasteiger partial charge in [-0.05, 0) is 36.2 Å². The number of halogens is 3. The summed E-state index contributed by atoms with van der Waals surface area (Å²) in [6.07, 6.45) is 1.69. The van der Waals surface area contributed by atoms with Crippen molar-refractivity contribution in [2.75, 3.05) is 5.32 Å². The van der Waals surface area contributed by atoms with E-state index in [4.69, 9.17) is 11.6 Å². The fourth-order valence-electron chi connectivity index (χ4n) is 5.05. The Bertz CT molecular complexity index is 1410. The van der Waals surface area contributed by atoms with E-state index in [-0.39, 0.29) is 54.6 Å². The van der Waals surface area contributed by atoms with Gasteiger partial charge in [0.05, 0.1) is 10.6 Å². The van der Waals surface area contributed by atoms with Gasteiger partial charge in [-0.3, -0.25) is 29.3 Å². The Morgan fingerprint density at radius 2 is 1.81 bits per heavy atom. The Balaban J connectivity index is 1.35. The van der Waals surface area contributed by atoms with Gasteiger partial charge in [-0.1, -0.05) is 33.6 Å². The number of Topliss-reactive ketones (excluding diaryl/α,β-unsaturated/α-hetero) is 2. The molecule has 2 aliphatic heterocycles. The van der Waals surface area contributed by atoms with Gasteiger partial charge in [0.25, 0.3) is 5.91 Å². The molecule has 2 aromatic carbocycles. The van der Waals surface area contributed by atoms with E-state index in [1.807, 2.05) is 0 Å². The van der Waals surface area contributed by atoms with Crippen LogP contribution in [-0.2, 0) is 25.7 Å². The van der Waals surface area contributed by atoms with Crippen LogP contribution in [0.25, 0.3) is 0 Å². The van der Waals surface area contributed by atoms with E-state index in [0.717, 1.165) is 0 Å². The molecule has 1 aliphatic carbocycles. The van der Waals surface area contributed by atoms with Gasteiger partial charge in [0.1, 0.15) is 11.9 Å². The van der Waals surface area contributed by atoms with Crippen LogP contribution in [0.5, 0.6) is 0 Å². The van der Waals surface area contributed by atoms with Gasteiger partial charge >= 0.3 is 0 Å². The van der Waals surface area contributed by atoms with Crippen LogP contribution in [0.2, 0.25) is 5.02 Å². The van der Waals surface area contributed by atoms with E-state index in [0.29, 0.717) is 26.9 Å². The summed E-state index contributed by atoms with van der Waals surface area (Å²) < 4.78 is 14.5. The maximum absolute atomic E-state index is 14.0. The molecule has 0 radical (unpaired) electrons. The molecule has 0 bridgehead atoms. The molecule has 8 nitrogen and oxygen atoms in total. The van der Waals surface area contributed by atoms with Crippen molar-refractivity contribution in [1.82, 2.24) is 10.2 Å². The first-order chi connectivity index (χ1) is 17.7. The number of fused-ring (bicyclic) bond motifs is 1. The highest BCUT2D eigenvalue weighted by atomic mass is 79.9. The predicted molar refractivity (Wildman–Crippen MR) is 135 cm³/mol. The van der Waals surface area contributed by atoms with Gasteiger partial charge in [-0.2, -0.15) is 0 Å². The minimum absolute atomic E-state index is 0.0182. The van der Waals surface area contributed by atoms with E-state index in [1.54, 1.807) is 18.2 Å². The average molecular weight is 589 g/mol. The number of benzene rings is 2. The largest absolute Gasteiger partial charge is 0.361 e. The summed E-state index contributed by atoms with van der Waals surface area (Å²) in [5.41, 5.74) is 1.91. The first-order valence-electron chi connectivity index (χ1n) is 11.6. The van der Waals surface area contributed by atoms with Crippen LogP contribution >= 0.6 is 27.5 Å². The SMILES string of the molecule is O=C1CCC(N2Cc3c(NC=C4C(=O)CC(c5c(Br)ccc(F)c5Cl)CC4=O)cccc3C2=O)C(=O)N1. The number of carbonyl (C=O) groups excluding carboxylic acids is 5. The van der Waals surface area contributed by atoms with E-state index in [1.165, 1.54) is 23.2 Å². The van der Waals surface area contributed by atoms with Crippen LogP contribution < -0.4 is 10.6 Å². The number of rotatable bonds is 4. The van der Waals surface area contributed by atoms with Crippen molar-refractivity contribution in [2.24, 2.45) is 0 Å². The second-order valence-electron chi connectivity index (χ2n) is 9.14. The summed E-state index contributed by atoms with van der Waals surface area (Å²) in [6, 6.07) is 6.97. The number of hydrogen-bond acceptors (Lipinski definition) is 6. The standard InChI is InChI=1S/C26H20BrClFN3O5/c27-16-4-5-17(29)24(28)23(16)12-8-20(33)14(21(34)9-12)10-30-18-3-1-2-13-15(18)11-32(26(13)37)19-6-7-22(35)31-25(19)36/h1-5,10,12,19,30H,6-9,11H2,(H,31,35,36). The van der Waals surface area contributed by atoms with Crippen LogP contribution in [-0.4, -0.2) is 40.2 Å². The van der Waals surface area contributed by atoms with Crippen LogP contribution in [0.3, 0.4) is 0 Å². The molecule has 3 aliphatic rings. The topological polar surface area (TPSA) is 113 Å². The van der Waals surface area contributed by atoms with E-state index >= 15 is 0 Å². The van der Waals surface area contributed by atoms with Gasteiger partial charge < -0.3 is 10.2 Å². The molecule has 0 spiro atoms. The number of hydrogen-bond donors (Lipinski definition) is 2. The second-order valence-corrected chi connectivity index (χ2v) is 10.4. The molecule has 2 aromatic rings. The third kappa shape index (κ3) is 4.59. The number of amides is 3. The average Bonchev–Trinajstić information content (AvgIpc) is 3.18. The molecule has 1 atom stereocenters. The van der Waals surface area contributed by atoms with Crippen LogP contribution in [0.1, 0.15) is 53.1 Å². The Hall–Kier alpha value is -3.37. The van der Waals surface area contributed by atoms with E-state index in [9.17, 15) is 28.4 Å². The number of ketones is 2. The summed E-state index contributed by atoms with van der Waals surface area (Å²) in [7, 11) is 0. The van der Waals surface area contributed by atoms with Crippen LogP contribution in [0.4, 0.5) is 10.1 Å². The molecular weight excluding hydrogens is 569 g/mol. The number of allylic oxidation sites excluding steroid dienone is 1. The zero-order chi connectivity index (χ0) is 26.4.